The van der Waals surface area contributed by atoms with Crippen LogP contribution < -0.4 is 0 Å². The third-order valence-corrected chi connectivity index (χ3v) is 35.5. The first-order chi connectivity index (χ1) is 19.2. The number of hydrogen-bond acceptors (Lipinski definition) is 0. The molecule has 0 saturated carbocycles. The summed E-state index contributed by atoms with van der Waals surface area (Å²) in [6, 6.07) is 10.3. The van der Waals surface area contributed by atoms with E-state index < -0.39 is 19.1 Å². The summed E-state index contributed by atoms with van der Waals surface area (Å²) in [5, 5.41) is 0. The maximum Gasteiger partial charge on any atom is -0.0536 e. The zero-order valence-electron chi connectivity index (χ0n) is 30.1. The van der Waals surface area contributed by atoms with Gasteiger partial charge < -0.3 is 0 Å². The molecule has 2 aromatic rings. The number of allylic oxidation sites excluding steroid dienone is 2. The molecule has 0 nitrogen and oxygen atoms in total. The number of fused-ring (bicyclic) bond motifs is 2. The Morgan fingerprint density at radius 2 is 0.930 bits per heavy atom. The van der Waals surface area contributed by atoms with Gasteiger partial charge in [0.05, 0.1) is 0 Å². The molecule has 0 saturated heterocycles. The van der Waals surface area contributed by atoms with Gasteiger partial charge in [-0.15, -0.1) is 24.8 Å². The van der Waals surface area contributed by atoms with Gasteiger partial charge in [-0.05, 0) is 0 Å². The largest absolute Gasteiger partial charge is 0.147 e. The number of rotatable bonds is 9. The van der Waals surface area contributed by atoms with Crippen molar-refractivity contribution >= 4 is 44.4 Å². The minimum absolute atomic E-state index is 0. The van der Waals surface area contributed by atoms with Crippen molar-refractivity contribution in [2.45, 2.75) is 144 Å². The standard InChI is InChI=1S/2C16H21.C6H14.CH3.2ClH.Hf.H3Si/c2*1-10(2)13-8-14-6-12(5)7-16(14)15(9-13)11(3)4;1-3-5-6-4-2;;;;;/h2*6-11H,1-5H3;3-6H2,1-2H3;1H3;2*1H;;1H3. The predicted molar refractivity (Wildman–Crippen MR) is 202 cm³/mol. The van der Waals surface area contributed by atoms with Gasteiger partial charge in [-0.3, -0.25) is 0 Å². The summed E-state index contributed by atoms with van der Waals surface area (Å²) in [6.45, 7) is 28.3. The van der Waals surface area contributed by atoms with Gasteiger partial charge in [-0.1, -0.05) is 39.5 Å². The third kappa shape index (κ3) is 8.69. The van der Waals surface area contributed by atoms with Crippen LogP contribution in [0.3, 0.4) is 0 Å². The van der Waals surface area contributed by atoms with Crippen LogP contribution in [0.4, 0.5) is 0 Å². The fraction of sp³-hybridized carbons (Fsp3) is 0.590. The number of unbranched alkanes of at least 4 members (excludes halogenated alkanes) is 3. The van der Waals surface area contributed by atoms with E-state index in [2.05, 4.69) is 124 Å². The van der Waals surface area contributed by atoms with E-state index in [-0.39, 0.29) is 24.8 Å². The van der Waals surface area contributed by atoms with Crippen molar-refractivity contribution in [3.63, 3.8) is 0 Å². The molecule has 0 bridgehead atoms. The van der Waals surface area contributed by atoms with Gasteiger partial charge in [0.15, 0.2) is 0 Å². The molecule has 0 amide bonds. The molecule has 0 N–H and O–H groups in total. The Balaban J connectivity index is 0.00000105. The van der Waals surface area contributed by atoms with Gasteiger partial charge in [0.25, 0.3) is 0 Å². The summed E-state index contributed by atoms with van der Waals surface area (Å²) in [5.41, 5.74) is 16.1. The first kappa shape index (κ1) is 40.6. The van der Waals surface area contributed by atoms with Crippen molar-refractivity contribution in [3.8, 4) is 0 Å². The zero-order chi connectivity index (χ0) is 30.8. The van der Waals surface area contributed by atoms with Crippen molar-refractivity contribution < 1.29 is 19.1 Å². The molecule has 4 heteroatoms. The Morgan fingerprint density at radius 1 is 0.605 bits per heavy atom. The van der Waals surface area contributed by atoms with E-state index in [9.17, 15) is 0 Å². The first-order valence-corrected chi connectivity index (χ1v) is 36.4. The van der Waals surface area contributed by atoms with Crippen molar-refractivity contribution in [2.24, 2.45) is 0 Å². The van der Waals surface area contributed by atoms with Crippen LogP contribution in [0.25, 0.3) is 12.2 Å². The Bertz CT molecular complexity index is 1190. The van der Waals surface area contributed by atoms with E-state index in [1.807, 2.05) is 0 Å². The SMILES string of the molecule is CC1=Cc2c(C(C)C)cc(C(C)C)cc2[CH]1[Hf]([CH3])([SiH3])[CH]1C(C)=Cc2c(C(C)C)cc(C(C)C)cc21.CCCCCC.Cl.Cl. The second kappa shape index (κ2) is 16.9. The molecule has 2 aliphatic carbocycles. The van der Waals surface area contributed by atoms with Gasteiger partial charge in [-0.2, -0.15) is 0 Å². The fourth-order valence-electron chi connectivity index (χ4n) is 7.63. The summed E-state index contributed by atoms with van der Waals surface area (Å²) in [7, 11) is 1.36. The molecule has 242 valence electrons. The van der Waals surface area contributed by atoms with Crippen molar-refractivity contribution in [3.05, 3.63) is 79.9 Å². The first-order valence-electron chi connectivity index (χ1n) is 16.9. The van der Waals surface area contributed by atoms with Crippen molar-refractivity contribution in [1.82, 2.24) is 0 Å². The van der Waals surface area contributed by atoms with Crippen LogP contribution in [0, 0.1) is 0 Å². The van der Waals surface area contributed by atoms with Crippen LogP contribution in [0.5, 0.6) is 0 Å². The monoisotopic (exact) mass is 810 g/mol. The van der Waals surface area contributed by atoms with Gasteiger partial charge in [-0.25, -0.2) is 0 Å². The summed E-state index contributed by atoms with van der Waals surface area (Å²) in [5.74, 6) is 2.29. The molecule has 2 unspecified atom stereocenters. The Labute approximate surface area is 285 Å². The molecule has 0 spiro atoms. The Hall–Kier alpha value is -0.413. The van der Waals surface area contributed by atoms with Crippen LogP contribution in [0.1, 0.15) is 184 Å². The average molecular weight is 810 g/mol. The number of halogens is 2. The van der Waals surface area contributed by atoms with Crippen LogP contribution >= 0.6 is 24.8 Å². The topological polar surface area (TPSA) is 0 Å². The number of hydrogen-bond donors (Lipinski definition) is 0. The molecular formula is C39H64Cl2HfSi. The predicted octanol–water partition coefficient (Wildman–Crippen LogP) is 12.7. The summed E-state index contributed by atoms with van der Waals surface area (Å²) >= 11 is -2.84. The van der Waals surface area contributed by atoms with E-state index in [0.717, 1.165) is 0 Å². The van der Waals surface area contributed by atoms with Crippen LogP contribution in [-0.4, -0.2) is 7.43 Å². The summed E-state index contributed by atoms with van der Waals surface area (Å²) in [6.07, 6.45) is 10.7. The number of benzene rings is 2. The summed E-state index contributed by atoms with van der Waals surface area (Å²) < 4.78 is 4.25. The Morgan fingerprint density at radius 3 is 1.19 bits per heavy atom. The smallest absolute Gasteiger partial charge is 0.0536 e. The fourth-order valence-corrected chi connectivity index (χ4v) is 37.9. The second-order valence-corrected chi connectivity index (χ2v) is 49.9. The quantitative estimate of drug-likeness (QED) is 0.175. The van der Waals surface area contributed by atoms with E-state index in [4.69, 9.17) is 0 Å². The van der Waals surface area contributed by atoms with Crippen LogP contribution in [0.15, 0.2) is 35.4 Å². The molecule has 0 heterocycles. The van der Waals surface area contributed by atoms with Crippen molar-refractivity contribution in [1.29, 1.82) is 0 Å². The molecular weight excluding hydrogens is 746 g/mol. The molecule has 0 aromatic heterocycles. The molecule has 0 radical (unpaired) electrons. The molecule has 0 fully saturated rings. The van der Waals surface area contributed by atoms with E-state index >= 15 is 0 Å². The van der Waals surface area contributed by atoms with Crippen LogP contribution in [-0.2, 0) is 19.1 Å². The zero-order valence-corrected chi connectivity index (χ0v) is 37.3. The molecule has 2 aliphatic rings. The molecule has 4 rings (SSSR count). The normalized spacial score (nSPS) is 18.4. The minimum Gasteiger partial charge on any atom is -0.147 e. The maximum atomic E-state index is 2.82. The van der Waals surface area contributed by atoms with E-state index in [0.29, 0.717) is 31.0 Å². The van der Waals surface area contributed by atoms with E-state index in [1.165, 1.54) is 44.2 Å². The van der Waals surface area contributed by atoms with Gasteiger partial charge in [0, 0.05) is 0 Å². The minimum atomic E-state index is -2.84. The molecule has 43 heavy (non-hydrogen) atoms. The summed E-state index contributed by atoms with van der Waals surface area (Å²) in [4.78, 5) is 0. The molecule has 0 aliphatic heterocycles. The van der Waals surface area contributed by atoms with Crippen LogP contribution in [0.2, 0.25) is 4.68 Å². The third-order valence-electron chi connectivity index (χ3n) is 9.83. The molecule has 2 aromatic carbocycles. The maximum absolute atomic E-state index is 2.84. The van der Waals surface area contributed by atoms with Gasteiger partial charge in [0.1, 0.15) is 0 Å². The average Bonchev–Trinajstić information content (AvgIpc) is 3.41. The van der Waals surface area contributed by atoms with Gasteiger partial charge in [0.2, 0.25) is 0 Å². The second-order valence-electron chi connectivity index (χ2n) is 15.0. The Kier molecular flexibility index (Phi) is 16.0. The van der Waals surface area contributed by atoms with E-state index in [1.54, 1.807) is 44.5 Å². The van der Waals surface area contributed by atoms with Gasteiger partial charge >= 0.3 is 224 Å². The van der Waals surface area contributed by atoms with Crippen molar-refractivity contribution in [2.75, 3.05) is 0 Å². The molecule has 2 atom stereocenters.